The SMILES string of the molecule is O=C(O)C1CCN(C(=O)CNC2CC2)CC1C(=O)O. The van der Waals surface area contributed by atoms with Crippen LogP contribution in [0.15, 0.2) is 0 Å². The average Bonchev–Trinajstić information content (AvgIpc) is 3.19. The van der Waals surface area contributed by atoms with Crippen LogP contribution in [0.5, 0.6) is 0 Å². The van der Waals surface area contributed by atoms with Crippen LogP contribution >= 0.6 is 0 Å². The van der Waals surface area contributed by atoms with Gasteiger partial charge in [-0.25, -0.2) is 0 Å². The molecule has 2 atom stereocenters. The minimum Gasteiger partial charge on any atom is -0.481 e. The van der Waals surface area contributed by atoms with Gasteiger partial charge in [0.15, 0.2) is 0 Å². The molecule has 0 radical (unpaired) electrons. The number of carbonyl (C=O) groups excluding carboxylic acids is 1. The molecular formula is C12H18N2O5. The van der Waals surface area contributed by atoms with Crippen LogP contribution in [0.1, 0.15) is 19.3 Å². The minimum atomic E-state index is -1.15. The summed E-state index contributed by atoms with van der Waals surface area (Å²) in [5.74, 6) is -4.33. The van der Waals surface area contributed by atoms with Gasteiger partial charge in [-0.2, -0.15) is 0 Å². The van der Waals surface area contributed by atoms with Crippen LogP contribution in [0, 0.1) is 11.8 Å². The number of nitrogens with zero attached hydrogens (tertiary/aromatic N) is 1. The lowest BCUT2D eigenvalue weighted by atomic mass is 9.85. The van der Waals surface area contributed by atoms with E-state index in [1.54, 1.807) is 0 Å². The van der Waals surface area contributed by atoms with Gasteiger partial charge < -0.3 is 20.4 Å². The van der Waals surface area contributed by atoms with Crippen molar-refractivity contribution in [2.75, 3.05) is 19.6 Å². The van der Waals surface area contributed by atoms with E-state index in [9.17, 15) is 14.4 Å². The van der Waals surface area contributed by atoms with Crippen molar-refractivity contribution in [1.29, 1.82) is 0 Å². The largest absolute Gasteiger partial charge is 0.481 e. The zero-order chi connectivity index (χ0) is 14.0. The molecule has 3 N–H and O–H groups in total. The van der Waals surface area contributed by atoms with Crippen molar-refractivity contribution in [1.82, 2.24) is 10.2 Å². The van der Waals surface area contributed by atoms with Crippen LogP contribution in [0.3, 0.4) is 0 Å². The van der Waals surface area contributed by atoms with E-state index >= 15 is 0 Å². The second-order valence-corrected chi connectivity index (χ2v) is 5.17. The van der Waals surface area contributed by atoms with Gasteiger partial charge in [0.1, 0.15) is 0 Å². The smallest absolute Gasteiger partial charge is 0.309 e. The second kappa shape index (κ2) is 5.56. The Bertz CT molecular complexity index is 394. The van der Waals surface area contributed by atoms with Crippen molar-refractivity contribution in [3.05, 3.63) is 0 Å². The molecule has 106 valence electrons. The maximum Gasteiger partial charge on any atom is 0.309 e. The summed E-state index contributed by atoms with van der Waals surface area (Å²) >= 11 is 0. The summed E-state index contributed by atoms with van der Waals surface area (Å²) in [6.45, 7) is 0.498. The molecule has 0 spiro atoms. The average molecular weight is 270 g/mol. The number of piperidine rings is 1. The number of carbonyl (C=O) groups is 3. The number of amides is 1. The minimum absolute atomic E-state index is 0.0164. The lowest BCUT2D eigenvalue weighted by molar-refractivity contribution is -0.159. The van der Waals surface area contributed by atoms with Crippen molar-refractivity contribution >= 4 is 17.8 Å². The molecule has 1 saturated carbocycles. The summed E-state index contributed by atoms with van der Waals surface area (Å²) in [5.41, 5.74) is 0. The molecule has 7 nitrogen and oxygen atoms in total. The Kier molecular flexibility index (Phi) is 4.04. The van der Waals surface area contributed by atoms with Crippen LogP contribution in [0.4, 0.5) is 0 Å². The summed E-state index contributed by atoms with van der Waals surface area (Å²) in [6, 6.07) is 0.413. The van der Waals surface area contributed by atoms with Gasteiger partial charge in [0.25, 0.3) is 0 Å². The number of rotatable bonds is 5. The summed E-state index contributed by atoms with van der Waals surface area (Å²) in [5, 5.41) is 21.1. The highest BCUT2D eigenvalue weighted by Crippen LogP contribution is 2.24. The Hall–Kier alpha value is -1.63. The molecule has 2 aliphatic rings. The molecule has 2 unspecified atom stereocenters. The van der Waals surface area contributed by atoms with E-state index in [1.807, 2.05) is 0 Å². The zero-order valence-corrected chi connectivity index (χ0v) is 10.5. The fourth-order valence-electron chi connectivity index (χ4n) is 2.36. The molecule has 1 saturated heterocycles. The molecule has 2 fully saturated rings. The summed E-state index contributed by atoms with van der Waals surface area (Å²) in [7, 11) is 0. The first kappa shape index (κ1) is 13.8. The molecule has 0 aromatic carbocycles. The third kappa shape index (κ3) is 3.44. The Morgan fingerprint density at radius 3 is 2.21 bits per heavy atom. The topological polar surface area (TPSA) is 107 Å². The molecule has 1 aliphatic heterocycles. The molecular weight excluding hydrogens is 252 g/mol. The predicted molar refractivity (Wildman–Crippen MR) is 64.5 cm³/mol. The van der Waals surface area contributed by atoms with Gasteiger partial charge in [-0.3, -0.25) is 14.4 Å². The van der Waals surface area contributed by atoms with E-state index in [4.69, 9.17) is 10.2 Å². The van der Waals surface area contributed by atoms with Crippen LogP contribution in [-0.4, -0.2) is 58.6 Å². The number of hydrogen-bond acceptors (Lipinski definition) is 4. The Labute approximate surface area is 110 Å². The van der Waals surface area contributed by atoms with E-state index in [1.165, 1.54) is 4.90 Å². The normalized spacial score (nSPS) is 27.1. The first-order valence-corrected chi connectivity index (χ1v) is 6.46. The maximum atomic E-state index is 11.9. The number of carboxylic acid groups (broad SMARTS) is 2. The molecule has 0 bridgehead atoms. The lowest BCUT2D eigenvalue weighted by Crippen LogP contribution is -2.50. The van der Waals surface area contributed by atoms with Gasteiger partial charge in [0.05, 0.1) is 18.4 Å². The Morgan fingerprint density at radius 1 is 1.05 bits per heavy atom. The first-order valence-electron chi connectivity index (χ1n) is 6.46. The standard InChI is InChI=1S/C12H18N2O5/c15-10(5-13-7-1-2-7)14-4-3-8(11(16)17)9(6-14)12(18)19/h7-9,13H,1-6H2,(H,16,17)(H,18,19). The van der Waals surface area contributed by atoms with Crippen molar-refractivity contribution in [2.45, 2.75) is 25.3 Å². The van der Waals surface area contributed by atoms with Crippen LogP contribution < -0.4 is 5.32 Å². The van der Waals surface area contributed by atoms with Gasteiger partial charge in [-0.1, -0.05) is 0 Å². The van der Waals surface area contributed by atoms with E-state index in [-0.39, 0.29) is 25.4 Å². The van der Waals surface area contributed by atoms with E-state index in [0.717, 1.165) is 12.8 Å². The quantitative estimate of drug-likeness (QED) is 0.614. The highest BCUT2D eigenvalue weighted by molar-refractivity contribution is 5.83. The van der Waals surface area contributed by atoms with E-state index < -0.39 is 23.8 Å². The molecule has 0 aromatic rings. The first-order chi connectivity index (χ1) is 8.99. The third-order valence-corrected chi connectivity index (χ3v) is 3.72. The summed E-state index contributed by atoms with van der Waals surface area (Å²) in [6.07, 6.45) is 2.35. The van der Waals surface area contributed by atoms with Crippen molar-refractivity contribution in [3.8, 4) is 0 Å². The van der Waals surface area contributed by atoms with Crippen LogP contribution in [0.2, 0.25) is 0 Å². The van der Waals surface area contributed by atoms with Crippen molar-refractivity contribution in [3.63, 3.8) is 0 Å². The number of hydrogen-bond donors (Lipinski definition) is 3. The summed E-state index contributed by atoms with van der Waals surface area (Å²) < 4.78 is 0. The molecule has 19 heavy (non-hydrogen) atoms. The molecule has 1 aliphatic carbocycles. The second-order valence-electron chi connectivity index (χ2n) is 5.17. The fourth-order valence-corrected chi connectivity index (χ4v) is 2.36. The fraction of sp³-hybridized carbons (Fsp3) is 0.750. The molecule has 2 rings (SSSR count). The van der Waals surface area contributed by atoms with E-state index in [2.05, 4.69) is 5.32 Å². The maximum absolute atomic E-state index is 11.9. The lowest BCUT2D eigenvalue weighted by Gasteiger charge is -2.34. The van der Waals surface area contributed by atoms with Crippen LogP contribution in [0.25, 0.3) is 0 Å². The predicted octanol–water partition coefficient (Wildman–Crippen LogP) is -0.628. The Morgan fingerprint density at radius 2 is 1.68 bits per heavy atom. The zero-order valence-electron chi connectivity index (χ0n) is 10.5. The molecule has 1 heterocycles. The number of nitrogens with one attached hydrogen (secondary N) is 1. The van der Waals surface area contributed by atoms with Gasteiger partial charge in [0, 0.05) is 19.1 Å². The molecule has 0 aromatic heterocycles. The van der Waals surface area contributed by atoms with Crippen molar-refractivity contribution < 1.29 is 24.6 Å². The van der Waals surface area contributed by atoms with E-state index in [0.29, 0.717) is 12.6 Å². The van der Waals surface area contributed by atoms with Crippen molar-refractivity contribution in [2.24, 2.45) is 11.8 Å². The number of likely N-dealkylation sites (tertiary alicyclic amines) is 1. The molecule has 7 heteroatoms. The van der Waals surface area contributed by atoms with Gasteiger partial charge in [-0.05, 0) is 19.3 Å². The Balaban J connectivity index is 1.91. The monoisotopic (exact) mass is 270 g/mol. The highest BCUT2D eigenvalue weighted by atomic mass is 16.4. The highest BCUT2D eigenvalue weighted by Gasteiger charge is 2.40. The van der Waals surface area contributed by atoms with Gasteiger partial charge >= 0.3 is 11.9 Å². The van der Waals surface area contributed by atoms with Crippen LogP contribution in [-0.2, 0) is 14.4 Å². The summed E-state index contributed by atoms with van der Waals surface area (Å²) in [4.78, 5) is 35.4. The number of carboxylic acids is 2. The number of aliphatic carboxylic acids is 2. The van der Waals surface area contributed by atoms with Gasteiger partial charge in [-0.15, -0.1) is 0 Å². The molecule has 1 amide bonds. The third-order valence-electron chi connectivity index (χ3n) is 3.72. The van der Waals surface area contributed by atoms with Gasteiger partial charge in [0.2, 0.25) is 5.91 Å².